The normalized spacial score (nSPS) is 13.8. The molecule has 38 heavy (non-hydrogen) atoms. The van der Waals surface area contributed by atoms with Gasteiger partial charge in [-0.2, -0.15) is 0 Å². The third-order valence-electron chi connectivity index (χ3n) is 7.50. The maximum absolute atomic E-state index is 9.32. The van der Waals surface area contributed by atoms with Crippen molar-refractivity contribution in [2.24, 2.45) is 5.41 Å². The average molecular weight is 518 g/mol. The summed E-state index contributed by atoms with van der Waals surface area (Å²) in [5, 5.41) is 6.61. The topological polar surface area (TPSA) is 12.9 Å². The van der Waals surface area contributed by atoms with Crippen molar-refractivity contribution >= 4 is 53.9 Å². The lowest BCUT2D eigenvalue weighted by Gasteiger charge is -2.21. The second-order valence-corrected chi connectivity index (χ2v) is 13.2. The van der Waals surface area contributed by atoms with E-state index < -0.39 is 11.8 Å². The number of hydrogen-bond acceptors (Lipinski definition) is 2. The van der Waals surface area contributed by atoms with Crippen LogP contribution in [-0.2, 0) is 6.37 Å². The van der Waals surface area contributed by atoms with E-state index in [1.165, 1.54) is 31.7 Å². The van der Waals surface area contributed by atoms with Crippen molar-refractivity contribution in [3.63, 3.8) is 0 Å². The zero-order valence-corrected chi connectivity index (χ0v) is 24.3. The molecule has 0 saturated heterocycles. The van der Waals surface area contributed by atoms with Crippen molar-refractivity contribution in [1.82, 2.24) is 4.98 Å². The van der Waals surface area contributed by atoms with E-state index in [0.29, 0.717) is 17.4 Å². The van der Waals surface area contributed by atoms with Crippen LogP contribution in [-0.4, -0.2) is 4.98 Å². The third kappa shape index (κ3) is 4.10. The standard InChI is InChI=1S/C36H37NS/c1-21(2)24-13-10-14-25(22(3)4)33(24)31-19-29-30(38-31)16-15-27-26-11-8-9-12-28(26)35-32(34(27)29)23(17-18-37-35)20-36(5,6)7/h8-19,21-22H,20H2,1-7H3/i20D2. The molecule has 0 aliphatic rings. The molecule has 0 radical (unpaired) electrons. The Bertz CT molecular complexity index is 1900. The fraction of sp³-hybridized carbons (Fsp3) is 0.306. The second-order valence-electron chi connectivity index (χ2n) is 12.1. The number of fused-ring (bicyclic) bond motifs is 8. The highest BCUT2D eigenvalue weighted by Gasteiger charge is 2.22. The molecule has 0 aliphatic carbocycles. The summed E-state index contributed by atoms with van der Waals surface area (Å²) in [7, 11) is 0. The Balaban J connectivity index is 1.82. The number of aromatic nitrogens is 1. The molecule has 2 aromatic heterocycles. The maximum Gasteiger partial charge on any atom is 0.0789 e. The highest BCUT2D eigenvalue weighted by Crippen LogP contribution is 2.46. The van der Waals surface area contributed by atoms with Gasteiger partial charge in [0.1, 0.15) is 0 Å². The van der Waals surface area contributed by atoms with Gasteiger partial charge in [-0.05, 0) is 74.8 Å². The number of nitrogens with zero attached hydrogens (tertiary/aromatic N) is 1. The molecule has 0 N–H and O–H groups in total. The van der Waals surface area contributed by atoms with Crippen molar-refractivity contribution in [3.8, 4) is 10.4 Å². The molecule has 0 bridgehead atoms. The molecular weight excluding hydrogens is 478 g/mol. The van der Waals surface area contributed by atoms with E-state index in [0.717, 1.165) is 32.4 Å². The Morgan fingerprint density at radius 2 is 1.45 bits per heavy atom. The summed E-state index contributed by atoms with van der Waals surface area (Å²) in [6.45, 7) is 15.1. The Hall–Kier alpha value is -3.23. The molecule has 0 atom stereocenters. The minimum absolute atomic E-state index is 0.412. The molecule has 1 nitrogen and oxygen atoms in total. The molecule has 0 saturated carbocycles. The first-order valence-corrected chi connectivity index (χ1v) is 14.5. The summed E-state index contributed by atoms with van der Waals surface area (Å²) in [4.78, 5) is 6.18. The predicted octanol–water partition coefficient (Wildman–Crippen LogP) is 11.3. The molecule has 2 heterocycles. The van der Waals surface area contributed by atoms with Gasteiger partial charge in [-0.3, -0.25) is 4.98 Å². The lowest BCUT2D eigenvalue weighted by molar-refractivity contribution is 0.412. The number of pyridine rings is 1. The van der Waals surface area contributed by atoms with E-state index in [4.69, 9.17) is 4.98 Å². The van der Waals surface area contributed by atoms with Gasteiger partial charge in [-0.15, -0.1) is 11.3 Å². The summed E-state index contributed by atoms with van der Waals surface area (Å²) in [6, 6.07) is 23.9. The molecule has 0 aliphatic heterocycles. The van der Waals surface area contributed by atoms with Crippen LogP contribution in [0.25, 0.3) is 53.0 Å². The summed E-state index contributed by atoms with van der Waals surface area (Å²) >= 11 is 1.85. The van der Waals surface area contributed by atoms with Gasteiger partial charge >= 0.3 is 0 Å². The minimum atomic E-state index is -1.56. The van der Waals surface area contributed by atoms with Gasteiger partial charge < -0.3 is 0 Å². The Kier molecular flexibility index (Phi) is 5.50. The fourth-order valence-electron chi connectivity index (χ4n) is 5.92. The van der Waals surface area contributed by atoms with Crippen molar-refractivity contribution in [2.75, 3.05) is 0 Å². The summed E-state index contributed by atoms with van der Waals surface area (Å²) in [6.07, 6.45) is 0.228. The fourth-order valence-corrected chi connectivity index (χ4v) is 7.07. The van der Waals surface area contributed by atoms with Crippen LogP contribution in [0.15, 0.2) is 72.9 Å². The zero-order chi connectivity index (χ0) is 28.6. The molecule has 192 valence electrons. The van der Waals surface area contributed by atoms with Crippen LogP contribution in [0.5, 0.6) is 0 Å². The van der Waals surface area contributed by atoms with E-state index in [2.05, 4.69) is 88.4 Å². The average Bonchev–Trinajstić information content (AvgIpc) is 3.35. The van der Waals surface area contributed by atoms with Gasteiger partial charge in [0.25, 0.3) is 0 Å². The van der Waals surface area contributed by atoms with Crippen molar-refractivity contribution in [1.29, 1.82) is 0 Å². The van der Waals surface area contributed by atoms with Crippen molar-refractivity contribution < 1.29 is 2.74 Å². The lowest BCUT2D eigenvalue weighted by Crippen LogP contribution is -2.09. The smallest absolute Gasteiger partial charge is 0.0789 e. The third-order valence-corrected chi connectivity index (χ3v) is 8.62. The van der Waals surface area contributed by atoms with Crippen LogP contribution >= 0.6 is 11.3 Å². The van der Waals surface area contributed by atoms with E-state index >= 15 is 0 Å². The molecule has 0 amide bonds. The first-order valence-electron chi connectivity index (χ1n) is 14.7. The molecule has 6 aromatic rings. The van der Waals surface area contributed by atoms with Gasteiger partial charge in [-0.25, -0.2) is 0 Å². The predicted molar refractivity (Wildman–Crippen MR) is 169 cm³/mol. The van der Waals surface area contributed by atoms with Crippen LogP contribution in [0, 0.1) is 5.41 Å². The molecule has 0 spiro atoms. The van der Waals surface area contributed by atoms with Gasteiger partial charge in [-0.1, -0.05) is 97.0 Å². The first-order chi connectivity index (χ1) is 18.9. The molecule has 0 unspecified atom stereocenters. The van der Waals surface area contributed by atoms with Gasteiger partial charge in [0.2, 0.25) is 0 Å². The largest absolute Gasteiger partial charge is 0.256 e. The van der Waals surface area contributed by atoms with Crippen LogP contribution in [0.2, 0.25) is 0 Å². The summed E-state index contributed by atoms with van der Waals surface area (Å²) in [5.41, 5.74) is 5.11. The Morgan fingerprint density at radius 1 is 0.763 bits per heavy atom. The maximum atomic E-state index is 9.32. The van der Waals surface area contributed by atoms with E-state index in [1.54, 1.807) is 6.20 Å². The van der Waals surface area contributed by atoms with Crippen molar-refractivity contribution in [2.45, 2.75) is 66.7 Å². The second kappa shape index (κ2) is 9.20. The molecule has 4 aromatic carbocycles. The van der Waals surface area contributed by atoms with Gasteiger partial charge in [0.15, 0.2) is 0 Å². The zero-order valence-electron chi connectivity index (χ0n) is 25.4. The molecule has 2 heteroatoms. The van der Waals surface area contributed by atoms with Crippen LogP contribution in [0.3, 0.4) is 0 Å². The highest BCUT2D eigenvalue weighted by molar-refractivity contribution is 7.22. The van der Waals surface area contributed by atoms with E-state index in [9.17, 15) is 2.74 Å². The number of thiophene rings is 1. The van der Waals surface area contributed by atoms with Crippen molar-refractivity contribution in [3.05, 3.63) is 89.6 Å². The monoisotopic (exact) mass is 517 g/mol. The van der Waals surface area contributed by atoms with Gasteiger partial charge in [0, 0.05) is 40.1 Å². The number of benzene rings is 4. The van der Waals surface area contributed by atoms with Crippen LogP contribution < -0.4 is 0 Å². The summed E-state index contributed by atoms with van der Waals surface area (Å²) < 4.78 is 19.9. The van der Waals surface area contributed by atoms with Gasteiger partial charge in [0.05, 0.1) is 5.52 Å². The Labute approximate surface area is 233 Å². The number of hydrogen-bond donors (Lipinski definition) is 0. The Morgan fingerprint density at radius 3 is 2.11 bits per heavy atom. The van der Waals surface area contributed by atoms with E-state index in [1.807, 2.05) is 38.2 Å². The molecular formula is C36H37NS. The molecule has 0 fully saturated rings. The van der Waals surface area contributed by atoms with Crippen LogP contribution in [0.4, 0.5) is 0 Å². The minimum Gasteiger partial charge on any atom is -0.256 e. The van der Waals surface area contributed by atoms with Crippen LogP contribution in [0.1, 0.15) is 79.7 Å². The number of rotatable bonds is 4. The highest BCUT2D eigenvalue weighted by atomic mass is 32.1. The first kappa shape index (κ1) is 22.7. The summed E-state index contributed by atoms with van der Waals surface area (Å²) in [5.74, 6) is 0.825. The quantitative estimate of drug-likeness (QED) is 0.212. The van der Waals surface area contributed by atoms with E-state index in [-0.39, 0.29) is 0 Å². The lowest BCUT2D eigenvalue weighted by atomic mass is 9.84. The SMILES string of the molecule is [2H]C([2H])(c1ccnc2c3ccccc3c3ccc4sc(-c5c(C(C)C)cccc5C(C)C)cc4c3c12)C(C)(C)C. The molecule has 6 rings (SSSR count).